The molecule has 2 unspecified atom stereocenters. The molecule has 1 rings (SSSR count). The highest BCUT2D eigenvalue weighted by molar-refractivity contribution is 7.84. The summed E-state index contributed by atoms with van der Waals surface area (Å²) in [4.78, 5) is 11.5. The second kappa shape index (κ2) is 5.65. The van der Waals surface area contributed by atoms with Crippen molar-refractivity contribution in [2.75, 3.05) is 11.6 Å². The van der Waals surface area contributed by atoms with Crippen molar-refractivity contribution in [2.24, 2.45) is 5.73 Å². The molecule has 88 valence electrons. The number of rotatable bonds is 5. The van der Waals surface area contributed by atoms with E-state index in [0.29, 0.717) is 0 Å². The molecule has 0 aromatic heterocycles. The fourth-order valence-corrected chi connectivity index (χ4v) is 1.97. The van der Waals surface area contributed by atoms with Crippen molar-refractivity contribution < 1.29 is 9.00 Å². The molecular weight excluding hydrogens is 224 g/mol. The van der Waals surface area contributed by atoms with E-state index < -0.39 is 10.8 Å². The molecule has 0 fully saturated rings. The van der Waals surface area contributed by atoms with Gasteiger partial charge in [0.05, 0.1) is 0 Å². The van der Waals surface area contributed by atoms with Gasteiger partial charge in [0.15, 0.2) is 0 Å². The van der Waals surface area contributed by atoms with Crippen LogP contribution >= 0.6 is 0 Å². The Kier molecular flexibility index (Phi) is 4.49. The number of benzene rings is 1. The minimum absolute atomic E-state index is 0.0296. The molecular formula is C11H16N2O2S. The molecule has 0 saturated heterocycles. The van der Waals surface area contributed by atoms with Crippen LogP contribution in [0.5, 0.6) is 0 Å². The topological polar surface area (TPSA) is 72.2 Å². The fourth-order valence-electron chi connectivity index (χ4n) is 1.40. The predicted octanol–water partition coefficient (Wildman–Crippen LogP) is 1.10. The van der Waals surface area contributed by atoms with Gasteiger partial charge < -0.3 is 11.1 Å². The van der Waals surface area contributed by atoms with E-state index in [1.54, 1.807) is 12.3 Å². The Bertz CT molecular complexity index is 407. The van der Waals surface area contributed by atoms with Crippen LogP contribution in [-0.2, 0) is 15.6 Å². The maximum absolute atomic E-state index is 11.3. The molecule has 0 aliphatic heterocycles. The lowest BCUT2D eigenvalue weighted by molar-refractivity contribution is -0.118. The third-order valence-corrected chi connectivity index (χ3v) is 3.00. The number of nitrogens with two attached hydrogens (primary N) is 1. The molecule has 1 aromatic carbocycles. The van der Waals surface area contributed by atoms with Gasteiger partial charge in [-0.3, -0.25) is 9.00 Å². The van der Waals surface area contributed by atoms with Crippen LogP contribution < -0.4 is 11.1 Å². The molecule has 1 aromatic rings. The minimum atomic E-state index is -0.996. The highest BCUT2D eigenvalue weighted by atomic mass is 32.2. The first-order valence-electron chi connectivity index (χ1n) is 4.97. The van der Waals surface area contributed by atoms with Gasteiger partial charge in [-0.15, -0.1) is 0 Å². The van der Waals surface area contributed by atoms with Gasteiger partial charge in [-0.25, -0.2) is 0 Å². The third-order valence-electron chi connectivity index (χ3n) is 2.09. The summed E-state index contributed by atoms with van der Waals surface area (Å²) in [6.45, 7) is 1.88. The standard InChI is InChI=1S/C11H16N2O2S/c1-8(6-11(12)14)13-9-4-3-5-10(7-9)16(2)15/h3-5,7-8,13H,6H2,1-2H3,(H2,12,14). The SMILES string of the molecule is CC(CC(N)=O)Nc1cccc(S(C)=O)c1. The number of anilines is 1. The summed E-state index contributed by atoms with van der Waals surface area (Å²) >= 11 is 0. The molecule has 0 radical (unpaired) electrons. The summed E-state index contributed by atoms with van der Waals surface area (Å²) in [5.74, 6) is -0.338. The van der Waals surface area contributed by atoms with Crippen LogP contribution in [0.2, 0.25) is 0 Å². The molecule has 0 heterocycles. The minimum Gasteiger partial charge on any atom is -0.382 e. The monoisotopic (exact) mass is 240 g/mol. The average Bonchev–Trinajstić information content (AvgIpc) is 2.16. The van der Waals surface area contributed by atoms with Gasteiger partial charge in [0.25, 0.3) is 0 Å². The number of carbonyl (C=O) groups is 1. The Labute approximate surface area is 97.7 Å². The lowest BCUT2D eigenvalue weighted by Crippen LogP contribution is -2.23. The Balaban J connectivity index is 2.70. The van der Waals surface area contributed by atoms with E-state index in [1.165, 1.54) is 0 Å². The van der Waals surface area contributed by atoms with Crippen molar-refractivity contribution in [3.8, 4) is 0 Å². The van der Waals surface area contributed by atoms with Crippen LogP contribution in [0, 0.1) is 0 Å². The van der Waals surface area contributed by atoms with Gasteiger partial charge in [0.1, 0.15) is 0 Å². The number of hydrogen-bond donors (Lipinski definition) is 2. The zero-order chi connectivity index (χ0) is 12.1. The normalized spacial score (nSPS) is 14.1. The van der Waals surface area contributed by atoms with Crippen LogP contribution in [0.1, 0.15) is 13.3 Å². The molecule has 1 amide bonds. The lowest BCUT2D eigenvalue weighted by Gasteiger charge is -2.13. The van der Waals surface area contributed by atoms with E-state index in [9.17, 15) is 9.00 Å². The van der Waals surface area contributed by atoms with Crippen LogP contribution in [0.3, 0.4) is 0 Å². The van der Waals surface area contributed by atoms with Crippen molar-refractivity contribution in [1.29, 1.82) is 0 Å². The second-order valence-electron chi connectivity index (χ2n) is 3.70. The molecule has 0 aliphatic carbocycles. The van der Waals surface area contributed by atoms with Crippen LogP contribution in [0.25, 0.3) is 0 Å². The summed E-state index contributed by atoms with van der Waals surface area (Å²) in [6, 6.07) is 7.29. The number of hydrogen-bond acceptors (Lipinski definition) is 3. The molecule has 0 saturated carbocycles. The van der Waals surface area contributed by atoms with E-state index in [4.69, 9.17) is 5.73 Å². The maximum atomic E-state index is 11.3. The summed E-state index contributed by atoms with van der Waals surface area (Å²) in [7, 11) is -0.996. The number of nitrogens with one attached hydrogen (secondary N) is 1. The van der Waals surface area contributed by atoms with E-state index in [-0.39, 0.29) is 18.4 Å². The number of carbonyl (C=O) groups excluding carboxylic acids is 1. The van der Waals surface area contributed by atoms with Crippen LogP contribution in [0.15, 0.2) is 29.2 Å². The van der Waals surface area contributed by atoms with Crippen molar-refractivity contribution >= 4 is 22.4 Å². The summed E-state index contributed by atoms with van der Waals surface area (Å²) in [6.07, 6.45) is 1.91. The lowest BCUT2D eigenvalue weighted by atomic mass is 10.2. The largest absolute Gasteiger partial charge is 0.382 e. The van der Waals surface area contributed by atoms with Gasteiger partial charge in [-0.05, 0) is 25.1 Å². The zero-order valence-corrected chi connectivity index (χ0v) is 10.2. The second-order valence-corrected chi connectivity index (χ2v) is 5.08. The van der Waals surface area contributed by atoms with Gasteiger partial charge in [-0.2, -0.15) is 0 Å². The Morgan fingerprint density at radius 3 is 2.81 bits per heavy atom. The molecule has 0 spiro atoms. The third kappa shape index (κ3) is 4.02. The number of primary amides is 1. The molecule has 2 atom stereocenters. The maximum Gasteiger partial charge on any atom is 0.219 e. The van der Waals surface area contributed by atoms with Crippen molar-refractivity contribution in [1.82, 2.24) is 0 Å². The predicted molar refractivity (Wildman–Crippen MR) is 65.7 cm³/mol. The highest BCUT2D eigenvalue weighted by Crippen LogP contribution is 2.14. The fraction of sp³-hybridized carbons (Fsp3) is 0.364. The van der Waals surface area contributed by atoms with Crippen molar-refractivity contribution in [2.45, 2.75) is 24.3 Å². The van der Waals surface area contributed by atoms with E-state index >= 15 is 0 Å². The van der Waals surface area contributed by atoms with Crippen LogP contribution in [-0.4, -0.2) is 22.4 Å². The van der Waals surface area contributed by atoms with E-state index in [0.717, 1.165) is 10.6 Å². The summed E-state index contributed by atoms with van der Waals surface area (Å²) in [5.41, 5.74) is 5.95. The average molecular weight is 240 g/mol. The smallest absolute Gasteiger partial charge is 0.219 e. The van der Waals surface area contributed by atoms with E-state index in [2.05, 4.69) is 5.32 Å². The molecule has 5 heteroatoms. The molecule has 0 bridgehead atoms. The molecule has 4 nitrogen and oxygen atoms in total. The molecule has 0 aliphatic rings. The van der Waals surface area contributed by atoms with Crippen molar-refractivity contribution in [3.05, 3.63) is 24.3 Å². The first-order chi connectivity index (χ1) is 7.49. The van der Waals surface area contributed by atoms with E-state index in [1.807, 2.05) is 25.1 Å². The first kappa shape index (κ1) is 12.7. The Morgan fingerprint density at radius 2 is 2.25 bits per heavy atom. The highest BCUT2D eigenvalue weighted by Gasteiger charge is 2.06. The van der Waals surface area contributed by atoms with Crippen LogP contribution in [0.4, 0.5) is 5.69 Å². The first-order valence-corrected chi connectivity index (χ1v) is 6.53. The molecule has 16 heavy (non-hydrogen) atoms. The van der Waals surface area contributed by atoms with Gasteiger partial charge >= 0.3 is 0 Å². The summed E-state index contributed by atoms with van der Waals surface area (Å²) < 4.78 is 11.3. The van der Waals surface area contributed by atoms with Gasteiger partial charge in [-0.1, -0.05) is 6.07 Å². The Morgan fingerprint density at radius 1 is 1.56 bits per heavy atom. The zero-order valence-electron chi connectivity index (χ0n) is 9.40. The molecule has 3 N–H and O–H groups in total. The quantitative estimate of drug-likeness (QED) is 0.809. The van der Waals surface area contributed by atoms with Gasteiger partial charge in [0.2, 0.25) is 5.91 Å². The Hall–Kier alpha value is -1.36. The van der Waals surface area contributed by atoms with Crippen molar-refractivity contribution in [3.63, 3.8) is 0 Å². The summed E-state index contributed by atoms with van der Waals surface area (Å²) in [5, 5.41) is 3.13. The van der Waals surface area contributed by atoms with Gasteiger partial charge in [0, 0.05) is 40.1 Å². The number of amides is 1.